The smallest absolute Gasteiger partial charge is 0.264 e. The minimum Gasteiger partial charge on any atom is -0.495 e. The van der Waals surface area contributed by atoms with Crippen LogP contribution in [0.25, 0.3) is 0 Å². The molecule has 0 heterocycles. The average Bonchev–Trinajstić information content (AvgIpc) is 2.94. The number of nitrogens with one attached hydrogen (secondary N) is 1. The molecule has 40 heavy (non-hydrogen) atoms. The topological polar surface area (TPSA) is 96.0 Å². The van der Waals surface area contributed by atoms with Crippen molar-refractivity contribution < 1.29 is 27.1 Å². The fourth-order valence-electron chi connectivity index (χ4n) is 3.94. The molecule has 3 rings (SSSR count). The minimum absolute atomic E-state index is 0.0370. The van der Waals surface area contributed by atoms with Crippen molar-refractivity contribution in [3.8, 4) is 5.75 Å². The van der Waals surface area contributed by atoms with E-state index in [0.29, 0.717) is 6.54 Å². The summed E-state index contributed by atoms with van der Waals surface area (Å²) in [7, 11) is -2.94. The van der Waals surface area contributed by atoms with Crippen LogP contribution >= 0.6 is 11.6 Å². The first-order valence-electron chi connectivity index (χ1n) is 12.7. The van der Waals surface area contributed by atoms with Crippen molar-refractivity contribution in [3.63, 3.8) is 0 Å². The predicted octanol–water partition coefficient (Wildman–Crippen LogP) is 4.87. The van der Waals surface area contributed by atoms with Crippen LogP contribution in [0.1, 0.15) is 26.3 Å². The molecule has 2 amide bonds. The summed E-state index contributed by atoms with van der Waals surface area (Å²) in [6.45, 7) is 4.79. The zero-order valence-corrected chi connectivity index (χ0v) is 24.4. The van der Waals surface area contributed by atoms with E-state index in [1.165, 1.54) is 67.5 Å². The molecular formula is C29H33ClFN3O5S. The Morgan fingerprint density at radius 2 is 1.65 bits per heavy atom. The van der Waals surface area contributed by atoms with Gasteiger partial charge in [-0.2, -0.15) is 0 Å². The molecule has 0 aliphatic rings. The van der Waals surface area contributed by atoms with Gasteiger partial charge in [0.1, 0.15) is 24.2 Å². The fraction of sp³-hybridized carbons (Fsp3) is 0.310. The van der Waals surface area contributed by atoms with Crippen molar-refractivity contribution in [1.82, 2.24) is 10.2 Å². The minimum atomic E-state index is -4.31. The molecule has 0 fully saturated rings. The predicted molar refractivity (Wildman–Crippen MR) is 153 cm³/mol. The Labute approximate surface area is 239 Å². The van der Waals surface area contributed by atoms with Gasteiger partial charge in [-0.05, 0) is 49.2 Å². The van der Waals surface area contributed by atoms with E-state index in [2.05, 4.69) is 5.32 Å². The van der Waals surface area contributed by atoms with Crippen molar-refractivity contribution in [2.45, 2.75) is 38.3 Å². The van der Waals surface area contributed by atoms with Gasteiger partial charge >= 0.3 is 0 Å². The molecule has 3 aromatic rings. The van der Waals surface area contributed by atoms with Crippen molar-refractivity contribution in [2.24, 2.45) is 5.92 Å². The lowest BCUT2D eigenvalue weighted by Gasteiger charge is -2.32. The first-order valence-corrected chi connectivity index (χ1v) is 14.5. The molecule has 3 aromatic carbocycles. The summed E-state index contributed by atoms with van der Waals surface area (Å²) in [5.41, 5.74) is 0.215. The van der Waals surface area contributed by atoms with E-state index in [4.69, 9.17) is 16.3 Å². The first-order chi connectivity index (χ1) is 18.9. The van der Waals surface area contributed by atoms with E-state index in [9.17, 15) is 22.4 Å². The number of amides is 2. The molecule has 0 aliphatic heterocycles. The van der Waals surface area contributed by atoms with Gasteiger partial charge in [0.25, 0.3) is 10.0 Å². The van der Waals surface area contributed by atoms with Gasteiger partial charge in [-0.15, -0.1) is 0 Å². The normalized spacial score (nSPS) is 12.1. The zero-order chi connectivity index (χ0) is 29.4. The Bertz CT molecular complexity index is 1440. The molecule has 1 N–H and O–H groups in total. The maximum Gasteiger partial charge on any atom is 0.264 e. The molecule has 214 valence electrons. The number of sulfonamides is 1. The van der Waals surface area contributed by atoms with E-state index < -0.39 is 40.2 Å². The number of benzene rings is 3. The third kappa shape index (κ3) is 7.51. The Morgan fingerprint density at radius 1 is 1.00 bits per heavy atom. The number of hydrogen-bond donors (Lipinski definition) is 1. The second kappa shape index (κ2) is 13.6. The molecule has 0 spiro atoms. The third-order valence-corrected chi connectivity index (χ3v) is 8.18. The van der Waals surface area contributed by atoms with Gasteiger partial charge in [-0.1, -0.05) is 61.8 Å². The molecule has 0 saturated carbocycles. The number of hydrogen-bond acceptors (Lipinski definition) is 5. The number of carbonyl (C=O) groups excluding carboxylic acids is 2. The number of ether oxygens (including phenoxy) is 1. The fourth-order valence-corrected chi connectivity index (χ4v) is 5.54. The van der Waals surface area contributed by atoms with Gasteiger partial charge in [0.15, 0.2) is 0 Å². The van der Waals surface area contributed by atoms with Crippen molar-refractivity contribution in [1.29, 1.82) is 0 Å². The Balaban J connectivity index is 2.08. The van der Waals surface area contributed by atoms with Gasteiger partial charge in [-0.25, -0.2) is 12.8 Å². The molecule has 1 unspecified atom stereocenters. The largest absolute Gasteiger partial charge is 0.495 e. The van der Waals surface area contributed by atoms with Crippen molar-refractivity contribution >= 4 is 39.1 Å². The Morgan fingerprint density at radius 3 is 2.27 bits per heavy atom. The maximum atomic E-state index is 14.6. The van der Waals surface area contributed by atoms with E-state index in [1.807, 2.05) is 13.8 Å². The lowest BCUT2D eigenvalue weighted by molar-refractivity contribution is -0.139. The van der Waals surface area contributed by atoms with Gasteiger partial charge < -0.3 is 15.0 Å². The van der Waals surface area contributed by atoms with E-state index >= 15 is 0 Å². The summed E-state index contributed by atoms with van der Waals surface area (Å²) >= 11 is 6.22. The van der Waals surface area contributed by atoms with Crippen LogP contribution in [0, 0.1) is 11.7 Å². The molecule has 8 nitrogen and oxygen atoms in total. The summed E-state index contributed by atoms with van der Waals surface area (Å²) < 4.78 is 48.7. The molecule has 1 atom stereocenters. The maximum absolute atomic E-state index is 14.6. The van der Waals surface area contributed by atoms with Crippen LogP contribution in [0.3, 0.4) is 0 Å². The van der Waals surface area contributed by atoms with Crippen molar-refractivity contribution in [3.05, 3.63) is 89.2 Å². The van der Waals surface area contributed by atoms with Crippen LogP contribution in [0.4, 0.5) is 10.1 Å². The van der Waals surface area contributed by atoms with Crippen LogP contribution in [0.2, 0.25) is 5.02 Å². The summed E-state index contributed by atoms with van der Waals surface area (Å²) in [4.78, 5) is 28.1. The summed E-state index contributed by atoms with van der Waals surface area (Å²) in [5.74, 6) is -1.40. The van der Waals surface area contributed by atoms with Gasteiger partial charge in [0, 0.05) is 23.7 Å². The van der Waals surface area contributed by atoms with Crippen LogP contribution < -0.4 is 14.4 Å². The lowest BCUT2D eigenvalue weighted by atomic mass is 10.1. The van der Waals surface area contributed by atoms with E-state index in [1.54, 1.807) is 24.3 Å². The second-order valence-electron chi connectivity index (χ2n) is 9.57. The summed E-state index contributed by atoms with van der Waals surface area (Å²) in [5, 5.41) is 3.01. The van der Waals surface area contributed by atoms with Crippen molar-refractivity contribution in [2.75, 3.05) is 24.5 Å². The highest BCUT2D eigenvalue weighted by atomic mass is 35.5. The highest BCUT2D eigenvalue weighted by molar-refractivity contribution is 7.92. The highest BCUT2D eigenvalue weighted by Gasteiger charge is 2.34. The molecular weight excluding hydrogens is 557 g/mol. The Kier molecular flexibility index (Phi) is 10.5. The molecule has 0 aliphatic carbocycles. The van der Waals surface area contributed by atoms with Gasteiger partial charge in [0.2, 0.25) is 11.8 Å². The highest BCUT2D eigenvalue weighted by Crippen LogP contribution is 2.35. The SMILES string of the molecule is COc1ccc(Cl)cc1N(CC(=O)N(Cc1ccccc1F)C(C)C(=O)NCC(C)C)S(=O)(=O)c1ccccc1. The average molecular weight is 590 g/mol. The van der Waals surface area contributed by atoms with Crippen LogP contribution in [-0.4, -0.2) is 51.4 Å². The summed E-state index contributed by atoms with van der Waals surface area (Å²) in [6.07, 6.45) is 0. The monoisotopic (exact) mass is 589 g/mol. The lowest BCUT2D eigenvalue weighted by Crippen LogP contribution is -2.51. The van der Waals surface area contributed by atoms with Crippen LogP contribution in [-0.2, 0) is 26.2 Å². The Hall–Kier alpha value is -3.63. The molecule has 0 radical (unpaired) electrons. The number of carbonyl (C=O) groups is 2. The zero-order valence-electron chi connectivity index (χ0n) is 22.8. The number of rotatable bonds is 12. The number of halogens is 2. The number of methoxy groups -OCH3 is 1. The molecule has 0 bridgehead atoms. The molecule has 11 heteroatoms. The number of nitrogens with zero attached hydrogens (tertiary/aromatic N) is 2. The quantitative estimate of drug-likeness (QED) is 0.325. The first kappa shape index (κ1) is 30.9. The second-order valence-corrected chi connectivity index (χ2v) is 11.9. The summed E-state index contributed by atoms with van der Waals surface area (Å²) in [6, 6.07) is 16.9. The van der Waals surface area contributed by atoms with Gasteiger partial charge in [0.05, 0.1) is 17.7 Å². The van der Waals surface area contributed by atoms with E-state index in [0.717, 1.165) is 4.31 Å². The molecule has 0 aromatic heterocycles. The van der Waals surface area contributed by atoms with Crippen LogP contribution in [0.15, 0.2) is 77.7 Å². The molecule has 0 saturated heterocycles. The van der Waals surface area contributed by atoms with E-state index in [-0.39, 0.29) is 39.4 Å². The van der Waals surface area contributed by atoms with Gasteiger partial charge in [-0.3, -0.25) is 13.9 Å². The van der Waals surface area contributed by atoms with Crippen LogP contribution in [0.5, 0.6) is 5.75 Å². The standard InChI is InChI=1S/C29H33ClFN3O5S/c1-20(2)17-32-29(36)21(3)33(18-22-10-8-9-13-25(22)31)28(35)19-34(26-16-23(30)14-15-27(26)39-4)40(37,38)24-11-6-5-7-12-24/h5-16,20-21H,17-19H2,1-4H3,(H,32,36). The number of anilines is 1. The third-order valence-electron chi connectivity index (χ3n) is 6.17.